The summed E-state index contributed by atoms with van der Waals surface area (Å²) in [7, 11) is -3.86. The summed E-state index contributed by atoms with van der Waals surface area (Å²) < 4.78 is 38.6. The van der Waals surface area contributed by atoms with Crippen molar-refractivity contribution in [2.24, 2.45) is 0 Å². The van der Waals surface area contributed by atoms with Gasteiger partial charge in [-0.05, 0) is 36.4 Å². The Labute approximate surface area is 175 Å². The molecule has 1 aromatic carbocycles. The second-order valence-electron chi connectivity index (χ2n) is 6.65. The summed E-state index contributed by atoms with van der Waals surface area (Å²) in [6.45, 7) is 4.27. The van der Waals surface area contributed by atoms with E-state index < -0.39 is 16.1 Å². The van der Waals surface area contributed by atoms with Crippen molar-refractivity contribution in [1.29, 1.82) is 0 Å². The summed E-state index contributed by atoms with van der Waals surface area (Å²) in [5.74, 6) is 0.101. The molecule has 29 heavy (non-hydrogen) atoms. The number of benzene rings is 1. The summed E-state index contributed by atoms with van der Waals surface area (Å²) in [5, 5.41) is 3.28. The zero-order valence-electron chi connectivity index (χ0n) is 15.8. The van der Waals surface area contributed by atoms with Crippen molar-refractivity contribution in [3.63, 3.8) is 0 Å². The van der Waals surface area contributed by atoms with Gasteiger partial charge in [-0.1, -0.05) is 11.6 Å². The van der Waals surface area contributed by atoms with Crippen LogP contribution in [0.15, 0.2) is 52.0 Å². The highest BCUT2D eigenvalue weighted by molar-refractivity contribution is 7.89. The first-order chi connectivity index (χ1) is 13.9. The standard InChI is InChI=1S/C19H24ClN3O5S/c20-15-3-5-16(6-4-15)29(25,26)22-17(18-2-1-11-28-18)14-19(24)21-7-8-23-9-12-27-13-10-23/h1-6,11,17,22H,7-10,12-14H2,(H,21,24)/t17-/m0/s1. The van der Waals surface area contributed by atoms with Gasteiger partial charge < -0.3 is 14.5 Å². The predicted molar refractivity (Wildman–Crippen MR) is 108 cm³/mol. The van der Waals surface area contributed by atoms with Crippen LogP contribution >= 0.6 is 11.6 Å². The van der Waals surface area contributed by atoms with E-state index in [4.69, 9.17) is 20.8 Å². The van der Waals surface area contributed by atoms with Crippen molar-refractivity contribution < 1.29 is 22.4 Å². The Morgan fingerprint density at radius 3 is 2.55 bits per heavy atom. The van der Waals surface area contributed by atoms with Gasteiger partial charge in [0.15, 0.2) is 0 Å². The number of hydrogen-bond donors (Lipinski definition) is 2. The fraction of sp³-hybridized carbons (Fsp3) is 0.421. The maximum absolute atomic E-state index is 12.7. The highest BCUT2D eigenvalue weighted by Gasteiger charge is 2.25. The number of nitrogens with one attached hydrogen (secondary N) is 2. The minimum absolute atomic E-state index is 0.0613. The fourth-order valence-electron chi connectivity index (χ4n) is 2.99. The number of hydrogen-bond acceptors (Lipinski definition) is 6. The Morgan fingerprint density at radius 1 is 1.17 bits per heavy atom. The van der Waals surface area contributed by atoms with E-state index in [1.165, 1.54) is 30.5 Å². The molecule has 1 atom stereocenters. The van der Waals surface area contributed by atoms with Gasteiger partial charge in [-0.15, -0.1) is 0 Å². The normalized spacial score (nSPS) is 16.4. The minimum atomic E-state index is -3.86. The van der Waals surface area contributed by atoms with Crippen LogP contribution in [0, 0.1) is 0 Å². The number of ether oxygens (including phenoxy) is 1. The quantitative estimate of drug-likeness (QED) is 0.615. The molecule has 2 aromatic rings. The number of sulfonamides is 1. The third-order valence-electron chi connectivity index (χ3n) is 4.55. The molecule has 158 valence electrons. The maximum atomic E-state index is 12.7. The van der Waals surface area contributed by atoms with E-state index >= 15 is 0 Å². The largest absolute Gasteiger partial charge is 0.468 e. The van der Waals surface area contributed by atoms with E-state index in [-0.39, 0.29) is 17.2 Å². The average Bonchev–Trinajstić information content (AvgIpc) is 3.23. The van der Waals surface area contributed by atoms with Gasteiger partial charge in [0.05, 0.1) is 36.8 Å². The number of halogens is 1. The van der Waals surface area contributed by atoms with Crippen LogP contribution in [0.5, 0.6) is 0 Å². The van der Waals surface area contributed by atoms with E-state index in [2.05, 4.69) is 14.9 Å². The number of amides is 1. The van der Waals surface area contributed by atoms with Crippen LogP contribution in [0.1, 0.15) is 18.2 Å². The Kier molecular flexibility index (Phi) is 7.68. The van der Waals surface area contributed by atoms with E-state index in [9.17, 15) is 13.2 Å². The molecule has 0 spiro atoms. The van der Waals surface area contributed by atoms with Crippen molar-refractivity contribution in [2.75, 3.05) is 39.4 Å². The molecule has 1 aliphatic rings. The van der Waals surface area contributed by atoms with E-state index in [1.54, 1.807) is 12.1 Å². The van der Waals surface area contributed by atoms with Crippen LogP contribution in [-0.2, 0) is 19.6 Å². The van der Waals surface area contributed by atoms with Crippen LogP contribution in [0.4, 0.5) is 0 Å². The zero-order chi connectivity index (χ0) is 20.7. The van der Waals surface area contributed by atoms with Crippen LogP contribution in [-0.4, -0.2) is 58.6 Å². The van der Waals surface area contributed by atoms with Crippen LogP contribution in [0.3, 0.4) is 0 Å². The van der Waals surface area contributed by atoms with E-state index in [1.807, 2.05) is 0 Å². The van der Waals surface area contributed by atoms with E-state index in [0.717, 1.165) is 19.6 Å². The molecular formula is C19H24ClN3O5S. The second kappa shape index (κ2) is 10.2. The SMILES string of the molecule is O=C(C[C@H](NS(=O)(=O)c1ccc(Cl)cc1)c1ccco1)NCCN1CCOCC1. The van der Waals surface area contributed by atoms with Crippen LogP contribution in [0.2, 0.25) is 5.02 Å². The van der Waals surface area contributed by atoms with Gasteiger partial charge in [-0.2, -0.15) is 4.72 Å². The van der Waals surface area contributed by atoms with Crippen molar-refractivity contribution in [2.45, 2.75) is 17.4 Å². The minimum Gasteiger partial charge on any atom is -0.468 e. The number of carbonyl (C=O) groups excluding carboxylic acids is 1. The molecule has 0 radical (unpaired) electrons. The third kappa shape index (κ3) is 6.55. The van der Waals surface area contributed by atoms with Gasteiger partial charge in [0.25, 0.3) is 0 Å². The second-order valence-corrected chi connectivity index (χ2v) is 8.80. The summed E-state index contributed by atoms with van der Waals surface area (Å²) in [6, 6.07) is 8.27. The molecule has 0 unspecified atom stereocenters. The van der Waals surface area contributed by atoms with Gasteiger partial charge in [0, 0.05) is 31.2 Å². The molecule has 2 N–H and O–H groups in total. The van der Waals surface area contributed by atoms with Crippen molar-refractivity contribution in [3.8, 4) is 0 Å². The lowest BCUT2D eigenvalue weighted by Gasteiger charge is -2.26. The lowest BCUT2D eigenvalue weighted by molar-refractivity contribution is -0.121. The number of furan rings is 1. The lowest BCUT2D eigenvalue weighted by Crippen LogP contribution is -2.42. The lowest BCUT2D eigenvalue weighted by atomic mass is 10.1. The molecule has 8 nitrogen and oxygen atoms in total. The first-order valence-electron chi connectivity index (χ1n) is 9.32. The molecule has 2 heterocycles. The smallest absolute Gasteiger partial charge is 0.241 e. The van der Waals surface area contributed by atoms with Gasteiger partial charge in [0.1, 0.15) is 5.76 Å². The van der Waals surface area contributed by atoms with Crippen LogP contribution in [0.25, 0.3) is 0 Å². The predicted octanol–water partition coefficient (Wildman–Crippen LogP) is 1.79. The summed E-state index contributed by atoms with van der Waals surface area (Å²) in [6.07, 6.45) is 1.36. The molecule has 3 rings (SSSR count). The maximum Gasteiger partial charge on any atom is 0.241 e. The Hall–Kier alpha value is -1.91. The molecule has 1 fully saturated rings. The zero-order valence-corrected chi connectivity index (χ0v) is 17.4. The first kappa shape index (κ1) is 21.8. The Morgan fingerprint density at radius 2 is 1.90 bits per heavy atom. The Bertz CT molecular complexity index is 881. The fourth-order valence-corrected chi connectivity index (χ4v) is 4.33. The molecule has 0 saturated carbocycles. The van der Waals surface area contributed by atoms with E-state index in [0.29, 0.717) is 30.5 Å². The molecule has 10 heteroatoms. The summed E-state index contributed by atoms with van der Waals surface area (Å²) in [4.78, 5) is 14.7. The van der Waals surface area contributed by atoms with Crippen LogP contribution < -0.4 is 10.0 Å². The summed E-state index contributed by atoms with van der Waals surface area (Å²) in [5.41, 5.74) is 0. The third-order valence-corrected chi connectivity index (χ3v) is 6.29. The first-order valence-corrected chi connectivity index (χ1v) is 11.2. The number of rotatable bonds is 9. The monoisotopic (exact) mass is 441 g/mol. The Balaban J connectivity index is 1.60. The number of morpholine rings is 1. The summed E-state index contributed by atoms with van der Waals surface area (Å²) >= 11 is 5.83. The van der Waals surface area contributed by atoms with Crippen molar-refractivity contribution in [1.82, 2.24) is 14.9 Å². The van der Waals surface area contributed by atoms with Crippen molar-refractivity contribution >= 4 is 27.5 Å². The average molecular weight is 442 g/mol. The molecule has 1 aromatic heterocycles. The highest BCUT2D eigenvalue weighted by Crippen LogP contribution is 2.22. The molecule has 0 bridgehead atoms. The number of nitrogens with zero attached hydrogens (tertiary/aromatic N) is 1. The molecule has 1 amide bonds. The van der Waals surface area contributed by atoms with Gasteiger partial charge in [0.2, 0.25) is 15.9 Å². The number of carbonyl (C=O) groups is 1. The molecule has 0 aliphatic carbocycles. The molecule has 1 aliphatic heterocycles. The molecular weight excluding hydrogens is 418 g/mol. The van der Waals surface area contributed by atoms with Gasteiger partial charge >= 0.3 is 0 Å². The topological polar surface area (TPSA) is 101 Å². The van der Waals surface area contributed by atoms with Crippen molar-refractivity contribution in [3.05, 3.63) is 53.4 Å². The van der Waals surface area contributed by atoms with Gasteiger partial charge in [-0.3, -0.25) is 9.69 Å². The van der Waals surface area contributed by atoms with Gasteiger partial charge in [-0.25, -0.2) is 8.42 Å². The molecule has 1 saturated heterocycles. The highest BCUT2D eigenvalue weighted by atomic mass is 35.5.